The molecule has 11 heteroatoms. The molecule has 1 unspecified atom stereocenters. The third-order valence-corrected chi connectivity index (χ3v) is 9.50. The third kappa shape index (κ3) is 41.1. The van der Waals surface area contributed by atoms with Gasteiger partial charge in [-0.15, -0.1) is 0 Å². The van der Waals surface area contributed by atoms with Gasteiger partial charge in [0.15, 0.2) is 6.10 Å². The molecule has 0 bridgehead atoms. The van der Waals surface area contributed by atoms with Gasteiger partial charge >= 0.3 is 19.8 Å². The Labute approximate surface area is 345 Å². The van der Waals surface area contributed by atoms with Crippen LogP contribution in [0, 0.1) is 0 Å². The molecule has 0 aliphatic rings. The Hall–Kier alpha value is -2.85. The van der Waals surface area contributed by atoms with Crippen molar-refractivity contribution in [3.63, 3.8) is 0 Å². The summed E-state index contributed by atoms with van der Waals surface area (Å²) in [5.74, 6) is -1.05. The van der Waals surface area contributed by atoms with E-state index in [1.54, 1.807) is 0 Å². The molecule has 0 aromatic heterocycles. The van der Waals surface area contributed by atoms with Crippen molar-refractivity contribution in [2.45, 2.75) is 167 Å². The summed E-state index contributed by atoms with van der Waals surface area (Å²) in [6, 6.07) is 0. The van der Waals surface area contributed by atoms with Crippen molar-refractivity contribution < 1.29 is 47.8 Å². The van der Waals surface area contributed by atoms with E-state index in [1.165, 1.54) is 51.4 Å². The van der Waals surface area contributed by atoms with Gasteiger partial charge in [-0.2, -0.15) is 0 Å². The summed E-state index contributed by atoms with van der Waals surface area (Å²) >= 11 is 0. The molecule has 0 aliphatic carbocycles. The second kappa shape index (κ2) is 41.3. The van der Waals surface area contributed by atoms with Crippen molar-refractivity contribution in [3.8, 4) is 0 Å². The highest BCUT2D eigenvalue weighted by Crippen LogP contribution is 2.43. The zero-order valence-electron chi connectivity index (χ0n) is 35.3. The number of phosphoric ester groups is 1. The fourth-order valence-corrected chi connectivity index (χ4v) is 6.04. The van der Waals surface area contributed by atoms with E-state index in [0.29, 0.717) is 12.8 Å². The molecule has 3 atom stereocenters. The number of aliphatic hydroxyl groups excluding tert-OH is 2. The summed E-state index contributed by atoms with van der Waals surface area (Å²) in [7, 11) is -4.64. The van der Waals surface area contributed by atoms with Gasteiger partial charge in [0.05, 0.1) is 19.8 Å². The first-order valence-electron chi connectivity index (χ1n) is 21.5. The van der Waals surface area contributed by atoms with E-state index in [0.717, 1.165) is 64.2 Å². The summed E-state index contributed by atoms with van der Waals surface area (Å²) in [5, 5.41) is 18.3. The Morgan fingerprint density at radius 2 is 1.00 bits per heavy atom. The lowest BCUT2D eigenvalue weighted by atomic mass is 10.1. The maximum atomic E-state index is 12.6. The highest BCUT2D eigenvalue weighted by Gasteiger charge is 2.27. The molecule has 0 aromatic carbocycles. The first-order chi connectivity index (χ1) is 27.7. The van der Waals surface area contributed by atoms with Gasteiger partial charge in [-0.05, 0) is 77.0 Å². The van der Waals surface area contributed by atoms with E-state index in [1.807, 2.05) is 12.2 Å². The van der Waals surface area contributed by atoms with Gasteiger partial charge in [-0.3, -0.25) is 18.6 Å². The number of allylic oxidation sites excluding steroid dienone is 14. The highest BCUT2D eigenvalue weighted by molar-refractivity contribution is 7.47. The summed E-state index contributed by atoms with van der Waals surface area (Å²) in [6.45, 7) is 2.14. The molecule has 0 amide bonds. The highest BCUT2D eigenvalue weighted by atomic mass is 31.2. The van der Waals surface area contributed by atoms with Crippen molar-refractivity contribution in [2.24, 2.45) is 0 Å². The fourth-order valence-electron chi connectivity index (χ4n) is 5.25. The molecular formula is C46H77O10P. The number of carbonyl (C=O) groups is 2. The minimum Gasteiger partial charge on any atom is -0.462 e. The molecule has 3 N–H and O–H groups in total. The molecule has 0 saturated heterocycles. The molecular weight excluding hydrogens is 743 g/mol. The average molecular weight is 821 g/mol. The zero-order valence-corrected chi connectivity index (χ0v) is 36.2. The van der Waals surface area contributed by atoms with Crippen LogP contribution < -0.4 is 0 Å². The molecule has 0 rings (SSSR count). The van der Waals surface area contributed by atoms with Crippen molar-refractivity contribution in [2.75, 3.05) is 26.4 Å². The Morgan fingerprint density at radius 1 is 0.544 bits per heavy atom. The molecule has 0 spiro atoms. The molecule has 0 fully saturated rings. The molecule has 0 aliphatic heterocycles. The minimum absolute atomic E-state index is 0.109. The SMILES string of the molecule is CC/C=C/C/C=C/C/C=C/C/C=C/C/C=C/C/C=C/CCC(=O)OC[C@H](COP(=O)(O)OC[C@@H](O)CO)OC(=O)CCCCC/C=C/CCCCCCCCCC. The monoisotopic (exact) mass is 821 g/mol. The molecule has 57 heavy (non-hydrogen) atoms. The largest absolute Gasteiger partial charge is 0.472 e. The number of hydrogen-bond acceptors (Lipinski definition) is 9. The van der Waals surface area contributed by atoms with Crippen LogP contribution in [0.15, 0.2) is 85.1 Å². The average Bonchev–Trinajstić information content (AvgIpc) is 3.20. The van der Waals surface area contributed by atoms with Gasteiger partial charge in [0.25, 0.3) is 0 Å². The maximum Gasteiger partial charge on any atom is 0.472 e. The standard InChI is InChI=1S/C46H77O10P/c1-3-5-7-9-11-13-15-17-19-20-21-22-24-25-27-29-31-33-35-37-45(49)53-41-44(42-55-57(51,52)54-40-43(48)39-47)56-46(50)38-36-34-32-30-28-26-23-18-16-14-12-10-8-6-4-2/h5,7,11,13,17,19,21-22,25-28,31,33,43-44,47-48H,3-4,6,8-10,12,14-16,18,20,23-24,29-30,32,34-42H2,1-2H3,(H,51,52)/b7-5+,13-11+,19-17+,22-21+,27-25+,28-26+,33-31+/t43-,44+/m0/s1. The summed E-state index contributed by atoms with van der Waals surface area (Å²) < 4.78 is 32.6. The Balaban J connectivity index is 4.46. The number of hydrogen-bond donors (Lipinski definition) is 3. The smallest absolute Gasteiger partial charge is 0.462 e. The lowest BCUT2D eigenvalue weighted by Crippen LogP contribution is -2.29. The number of aliphatic hydroxyl groups is 2. The van der Waals surface area contributed by atoms with E-state index >= 15 is 0 Å². The molecule has 0 radical (unpaired) electrons. The molecule has 0 heterocycles. The molecule has 0 saturated carbocycles. The van der Waals surface area contributed by atoms with E-state index < -0.39 is 51.8 Å². The number of rotatable bonds is 39. The van der Waals surface area contributed by atoms with E-state index in [4.69, 9.17) is 19.1 Å². The van der Waals surface area contributed by atoms with Crippen LogP contribution in [-0.2, 0) is 32.7 Å². The van der Waals surface area contributed by atoms with Crippen molar-refractivity contribution in [1.29, 1.82) is 0 Å². The molecule has 0 aromatic rings. The van der Waals surface area contributed by atoms with E-state index in [9.17, 15) is 24.2 Å². The predicted octanol–water partition coefficient (Wildman–Crippen LogP) is 11.4. The van der Waals surface area contributed by atoms with Crippen LogP contribution in [0.25, 0.3) is 0 Å². The van der Waals surface area contributed by atoms with Gasteiger partial charge in [-0.1, -0.05) is 150 Å². The Bertz CT molecular complexity index is 1220. The van der Waals surface area contributed by atoms with Crippen LogP contribution in [-0.4, -0.2) is 65.7 Å². The first-order valence-corrected chi connectivity index (χ1v) is 23.0. The van der Waals surface area contributed by atoms with Crippen molar-refractivity contribution >= 4 is 19.8 Å². The Kier molecular flexibility index (Phi) is 39.2. The van der Waals surface area contributed by atoms with Gasteiger partial charge in [0.1, 0.15) is 12.7 Å². The molecule has 326 valence electrons. The second-order valence-corrected chi connectivity index (χ2v) is 15.4. The topological polar surface area (TPSA) is 149 Å². The van der Waals surface area contributed by atoms with E-state index in [2.05, 4.69) is 91.3 Å². The third-order valence-electron chi connectivity index (χ3n) is 8.55. The number of unbranched alkanes of at least 4 members (excludes halogenated alkanes) is 11. The van der Waals surface area contributed by atoms with Gasteiger partial charge < -0.3 is 24.6 Å². The van der Waals surface area contributed by atoms with Crippen LogP contribution in [0.3, 0.4) is 0 Å². The molecule has 10 nitrogen and oxygen atoms in total. The zero-order chi connectivity index (χ0) is 41.9. The lowest BCUT2D eigenvalue weighted by Gasteiger charge is -2.20. The number of carbonyl (C=O) groups excluding carboxylic acids is 2. The van der Waals surface area contributed by atoms with Crippen molar-refractivity contribution in [1.82, 2.24) is 0 Å². The normalized spacial score (nSPS) is 14.7. The van der Waals surface area contributed by atoms with Crippen molar-refractivity contribution in [3.05, 3.63) is 85.1 Å². The van der Waals surface area contributed by atoms with Gasteiger partial charge in [-0.25, -0.2) is 4.57 Å². The van der Waals surface area contributed by atoms with Crippen LogP contribution >= 0.6 is 7.82 Å². The summed E-state index contributed by atoms with van der Waals surface area (Å²) in [4.78, 5) is 34.9. The van der Waals surface area contributed by atoms with Crippen LogP contribution in [0.2, 0.25) is 0 Å². The predicted molar refractivity (Wildman–Crippen MR) is 233 cm³/mol. The number of esters is 2. The minimum atomic E-state index is -4.64. The fraction of sp³-hybridized carbons (Fsp3) is 0.652. The lowest BCUT2D eigenvalue weighted by molar-refractivity contribution is -0.161. The van der Waals surface area contributed by atoms with Gasteiger partial charge in [0, 0.05) is 12.8 Å². The summed E-state index contributed by atoms with van der Waals surface area (Å²) in [5.41, 5.74) is 0. The second-order valence-electron chi connectivity index (χ2n) is 14.0. The summed E-state index contributed by atoms with van der Waals surface area (Å²) in [6.07, 6.45) is 48.5. The van der Waals surface area contributed by atoms with E-state index in [-0.39, 0.29) is 19.4 Å². The van der Waals surface area contributed by atoms with Crippen LogP contribution in [0.1, 0.15) is 155 Å². The van der Waals surface area contributed by atoms with Crippen LogP contribution in [0.5, 0.6) is 0 Å². The quantitative estimate of drug-likeness (QED) is 0.0237. The maximum absolute atomic E-state index is 12.6. The Morgan fingerprint density at radius 3 is 1.53 bits per heavy atom. The first kappa shape index (κ1) is 54.2. The van der Waals surface area contributed by atoms with Crippen LogP contribution in [0.4, 0.5) is 0 Å². The van der Waals surface area contributed by atoms with Gasteiger partial charge in [0.2, 0.25) is 0 Å². The number of ether oxygens (including phenoxy) is 2. The number of phosphoric acid groups is 1.